The molecule has 1 aromatic carbocycles. The third-order valence-corrected chi connectivity index (χ3v) is 5.94. The maximum absolute atomic E-state index is 12.3. The molecule has 0 spiro atoms. The standard InChI is InChI=1S/C23H30N4O2/c1-15(2)14-19-20(22(24)28)27-13-8-16-6-4-5-7-18(16)21(23(27)25-19)29-17-9-11-26(3)12-10-17/h4-7,17,21H,1,8-14H2,2-3H3,(H2,24,28). The molecule has 1 saturated heterocycles. The molecule has 0 radical (unpaired) electrons. The number of aryl methyl sites for hydroxylation is 1. The van der Waals surface area contributed by atoms with Crippen LogP contribution in [0, 0.1) is 0 Å². The van der Waals surface area contributed by atoms with Gasteiger partial charge in [-0.15, -0.1) is 0 Å². The largest absolute Gasteiger partial charge is 0.364 e. The zero-order valence-corrected chi connectivity index (χ0v) is 17.4. The number of fused-ring (bicyclic) bond motifs is 2. The number of rotatable bonds is 5. The number of piperidine rings is 1. The number of hydrogen-bond donors (Lipinski definition) is 1. The summed E-state index contributed by atoms with van der Waals surface area (Å²) in [6, 6.07) is 8.38. The molecule has 4 rings (SSSR count). The van der Waals surface area contributed by atoms with Gasteiger partial charge in [-0.1, -0.05) is 36.4 Å². The van der Waals surface area contributed by atoms with E-state index in [2.05, 4.69) is 36.7 Å². The molecule has 6 heteroatoms. The summed E-state index contributed by atoms with van der Waals surface area (Å²) in [5.74, 6) is 0.350. The van der Waals surface area contributed by atoms with Crippen LogP contribution in [0.15, 0.2) is 36.4 Å². The minimum atomic E-state index is -0.441. The first kappa shape index (κ1) is 19.9. The fraction of sp³-hybridized carbons (Fsp3) is 0.478. The Labute approximate surface area is 172 Å². The number of benzene rings is 1. The van der Waals surface area contributed by atoms with Gasteiger partial charge < -0.3 is 19.9 Å². The molecule has 1 atom stereocenters. The molecule has 6 nitrogen and oxygen atoms in total. The van der Waals surface area contributed by atoms with Crippen LogP contribution in [-0.2, 0) is 24.1 Å². The lowest BCUT2D eigenvalue weighted by Gasteiger charge is -2.32. The Balaban J connectivity index is 1.78. The summed E-state index contributed by atoms with van der Waals surface area (Å²) in [4.78, 5) is 19.6. The maximum Gasteiger partial charge on any atom is 0.267 e. The van der Waals surface area contributed by atoms with E-state index in [1.807, 2.05) is 17.6 Å². The number of imidazole rings is 1. The van der Waals surface area contributed by atoms with Crippen molar-refractivity contribution in [2.45, 2.75) is 51.4 Å². The molecular weight excluding hydrogens is 364 g/mol. The lowest BCUT2D eigenvalue weighted by atomic mass is 10.00. The number of nitrogens with two attached hydrogens (primary N) is 1. The van der Waals surface area contributed by atoms with Gasteiger partial charge in [-0.3, -0.25) is 4.79 Å². The molecule has 0 bridgehead atoms. The molecule has 29 heavy (non-hydrogen) atoms. The second kappa shape index (κ2) is 8.13. The first-order valence-electron chi connectivity index (χ1n) is 10.4. The van der Waals surface area contributed by atoms with E-state index >= 15 is 0 Å². The highest BCUT2D eigenvalue weighted by molar-refractivity contribution is 5.92. The first-order valence-corrected chi connectivity index (χ1v) is 10.4. The molecule has 1 fully saturated rings. The van der Waals surface area contributed by atoms with Crippen LogP contribution in [0.3, 0.4) is 0 Å². The molecule has 1 aromatic heterocycles. The predicted molar refractivity (Wildman–Crippen MR) is 113 cm³/mol. The lowest BCUT2D eigenvalue weighted by molar-refractivity contribution is -0.0276. The van der Waals surface area contributed by atoms with E-state index in [0.717, 1.165) is 49.3 Å². The number of nitrogens with zero attached hydrogens (tertiary/aromatic N) is 3. The average molecular weight is 395 g/mol. The predicted octanol–water partition coefficient (Wildman–Crippen LogP) is 2.86. The Morgan fingerprint density at radius 1 is 1.28 bits per heavy atom. The van der Waals surface area contributed by atoms with Crippen LogP contribution in [0.4, 0.5) is 0 Å². The van der Waals surface area contributed by atoms with Gasteiger partial charge in [0.05, 0.1) is 11.8 Å². The van der Waals surface area contributed by atoms with Gasteiger partial charge in [0.1, 0.15) is 17.6 Å². The second-order valence-electron chi connectivity index (χ2n) is 8.38. The lowest BCUT2D eigenvalue weighted by Crippen LogP contribution is -2.35. The summed E-state index contributed by atoms with van der Waals surface area (Å²) in [6.07, 6.45) is 3.24. The fourth-order valence-corrected chi connectivity index (χ4v) is 4.47. The topological polar surface area (TPSA) is 73.4 Å². The number of carbonyl (C=O) groups is 1. The van der Waals surface area contributed by atoms with Crippen LogP contribution >= 0.6 is 0 Å². The summed E-state index contributed by atoms with van der Waals surface area (Å²) in [5, 5.41) is 0. The highest BCUT2D eigenvalue weighted by Crippen LogP contribution is 2.35. The van der Waals surface area contributed by atoms with Gasteiger partial charge in [0.25, 0.3) is 5.91 Å². The molecule has 1 unspecified atom stereocenters. The minimum Gasteiger partial charge on any atom is -0.364 e. The Morgan fingerprint density at radius 3 is 2.69 bits per heavy atom. The minimum absolute atomic E-state index is 0.175. The van der Waals surface area contributed by atoms with Gasteiger partial charge in [-0.05, 0) is 44.4 Å². The van der Waals surface area contributed by atoms with Gasteiger partial charge in [0.2, 0.25) is 0 Å². The SMILES string of the molecule is C=C(C)Cc1nc2n(c1C(N)=O)CCc1ccccc1C2OC1CCN(C)CC1. The number of primary amides is 1. The number of ether oxygens (including phenoxy) is 1. The molecule has 3 heterocycles. The van der Waals surface area contributed by atoms with Crippen LogP contribution < -0.4 is 5.73 Å². The van der Waals surface area contributed by atoms with Crippen molar-refractivity contribution in [2.24, 2.45) is 5.73 Å². The van der Waals surface area contributed by atoms with E-state index in [0.29, 0.717) is 24.4 Å². The summed E-state index contributed by atoms with van der Waals surface area (Å²) < 4.78 is 8.67. The van der Waals surface area contributed by atoms with Crippen LogP contribution in [0.25, 0.3) is 0 Å². The van der Waals surface area contributed by atoms with Gasteiger partial charge >= 0.3 is 0 Å². The molecule has 2 N–H and O–H groups in total. The fourth-order valence-electron chi connectivity index (χ4n) is 4.47. The molecule has 0 aliphatic carbocycles. The van der Waals surface area contributed by atoms with Gasteiger partial charge in [0.15, 0.2) is 0 Å². The number of aromatic nitrogens is 2. The Hall–Kier alpha value is -2.44. The maximum atomic E-state index is 12.3. The normalized spacial score (nSPS) is 20.0. The number of amides is 1. The molecule has 0 saturated carbocycles. The number of likely N-dealkylation sites (tertiary alicyclic amines) is 1. The monoisotopic (exact) mass is 394 g/mol. The van der Waals surface area contributed by atoms with Crippen molar-refractivity contribution in [2.75, 3.05) is 20.1 Å². The van der Waals surface area contributed by atoms with E-state index in [9.17, 15) is 4.79 Å². The Morgan fingerprint density at radius 2 is 2.00 bits per heavy atom. The average Bonchev–Trinajstić information content (AvgIpc) is 2.96. The van der Waals surface area contributed by atoms with Crippen LogP contribution in [0.1, 0.15) is 59.0 Å². The molecule has 2 aromatic rings. The third-order valence-electron chi connectivity index (χ3n) is 5.94. The van der Waals surface area contributed by atoms with E-state index in [1.165, 1.54) is 5.56 Å². The van der Waals surface area contributed by atoms with E-state index in [4.69, 9.17) is 15.5 Å². The van der Waals surface area contributed by atoms with Crippen LogP contribution in [-0.4, -0.2) is 46.6 Å². The summed E-state index contributed by atoms with van der Waals surface area (Å²) in [6.45, 7) is 8.66. The number of carbonyl (C=O) groups excluding carboxylic acids is 1. The molecule has 1 amide bonds. The van der Waals surface area contributed by atoms with Crippen LogP contribution in [0.2, 0.25) is 0 Å². The van der Waals surface area contributed by atoms with Crippen molar-refractivity contribution >= 4 is 5.91 Å². The van der Waals surface area contributed by atoms with Crippen molar-refractivity contribution in [3.8, 4) is 0 Å². The summed E-state index contributed by atoms with van der Waals surface area (Å²) in [7, 11) is 2.15. The van der Waals surface area contributed by atoms with E-state index in [-0.39, 0.29) is 12.2 Å². The highest BCUT2D eigenvalue weighted by atomic mass is 16.5. The Kier molecular flexibility index (Phi) is 5.56. The van der Waals surface area contributed by atoms with Crippen molar-refractivity contribution in [3.63, 3.8) is 0 Å². The first-order chi connectivity index (χ1) is 13.9. The zero-order valence-electron chi connectivity index (χ0n) is 17.4. The summed E-state index contributed by atoms with van der Waals surface area (Å²) >= 11 is 0. The quantitative estimate of drug-likeness (QED) is 0.792. The molecule has 2 aliphatic rings. The molecule has 2 aliphatic heterocycles. The van der Waals surface area contributed by atoms with Gasteiger partial charge in [0, 0.05) is 26.1 Å². The number of hydrogen-bond acceptors (Lipinski definition) is 4. The van der Waals surface area contributed by atoms with E-state index < -0.39 is 5.91 Å². The van der Waals surface area contributed by atoms with Gasteiger partial charge in [-0.2, -0.15) is 0 Å². The molecule has 154 valence electrons. The van der Waals surface area contributed by atoms with Gasteiger partial charge in [-0.25, -0.2) is 4.98 Å². The molecular formula is C23H30N4O2. The zero-order chi connectivity index (χ0) is 20.5. The highest BCUT2D eigenvalue weighted by Gasteiger charge is 2.33. The van der Waals surface area contributed by atoms with E-state index in [1.54, 1.807) is 0 Å². The van der Waals surface area contributed by atoms with Crippen molar-refractivity contribution < 1.29 is 9.53 Å². The number of allylic oxidation sites excluding steroid dienone is 1. The van der Waals surface area contributed by atoms with Crippen molar-refractivity contribution in [1.29, 1.82) is 0 Å². The third kappa shape index (κ3) is 4.00. The smallest absolute Gasteiger partial charge is 0.267 e. The Bertz CT molecular complexity index is 925. The van der Waals surface area contributed by atoms with Crippen molar-refractivity contribution in [1.82, 2.24) is 14.5 Å². The van der Waals surface area contributed by atoms with Crippen LogP contribution in [0.5, 0.6) is 0 Å². The second-order valence-corrected chi connectivity index (χ2v) is 8.38. The van der Waals surface area contributed by atoms with Crippen molar-refractivity contribution in [3.05, 3.63) is 64.8 Å². The summed E-state index contributed by atoms with van der Waals surface area (Å²) in [5.41, 5.74) is 10.3.